The molecule has 0 bridgehead atoms. The quantitative estimate of drug-likeness (QED) is 0.622. The number of aromatic hydroxyl groups is 1. The highest BCUT2D eigenvalue weighted by Gasteiger charge is 2.05. The molecule has 0 aliphatic rings. The van der Waals surface area contributed by atoms with Crippen LogP contribution in [0, 0.1) is 3.57 Å². The first kappa shape index (κ1) is 8.52. The summed E-state index contributed by atoms with van der Waals surface area (Å²) in [6.45, 7) is 1.44. The van der Waals surface area contributed by atoms with Gasteiger partial charge in [-0.15, -0.1) is 0 Å². The molecule has 0 unspecified atom stereocenters. The van der Waals surface area contributed by atoms with Crippen molar-refractivity contribution in [2.24, 2.45) is 0 Å². The monoisotopic (exact) mass is 262 g/mol. The van der Waals surface area contributed by atoms with Gasteiger partial charge in [0, 0.05) is 3.57 Å². The summed E-state index contributed by atoms with van der Waals surface area (Å²) in [6.07, 6.45) is 0. The van der Waals surface area contributed by atoms with Gasteiger partial charge in [0.1, 0.15) is 5.75 Å². The Kier molecular flexibility index (Phi) is 2.49. The van der Waals surface area contributed by atoms with E-state index in [0.29, 0.717) is 5.56 Å². The Morgan fingerprint density at radius 3 is 2.64 bits per heavy atom. The minimum atomic E-state index is -0.110. The molecular formula is C8H7IO2. The van der Waals surface area contributed by atoms with Gasteiger partial charge < -0.3 is 5.11 Å². The number of hydrogen-bond donors (Lipinski definition) is 1. The van der Waals surface area contributed by atoms with Crippen molar-refractivity contribution >= 4 is 28.4 Å². The minimum Gasteiger partial charge on any atom is -0.507 e. The highest BCUT2D eigenvalue weighted by Crippen LogP contribution is 2.19. The van der Waals surface area contributed by atoms with Gasteiger partial charge in [0.25, 0.3) is 0 Å². The van der Waals surface area contributed by atoms with E-state index >= 15 is 0 Å². The van der Waals surface area contributed by atoms with Crippen LogP contribution in [0.3, 0.4) is 0 Å². The van der Waals surface area contributed by atoms with E-state index in [2.05, 4.69) is 22.6 Å². The van der Waals surface area contributed by atoms with E-state index < -0.39 is 0 Å². The summed E-state index contributed by atoms with van der Waals surface area (Å²) in [4.78, 5) is 10.9. The third kappa shape index (κ3) is 1.92. The summed E-state index contributed by atoms with van der Waals surface area (Å²) in [5.74, 6) is -0.0565. The molecule has 58 valence electrons. The average Bonchev–Trinajstić information content (AvgIpc) is 1.94. The van der Waals surface area contributed by atoms with Crippen LogP contribution in [0.15, 0.2) is 18.2 Å². The number of halogens is 1. The molecule has 1 N–H and O–H groups in total. The van der Waals surface area contributed by atoms with Crippen molar-refractivity contribution in [2.45, 2.75) is 6.92 Å². The molecule has 0 saturated carbocycles. The average molecular weight is 262 g/mol. The van der Waals surface area contributed by atoms with Crippen LogP contribution in [0.1, 0.15) is 17.3 Å². The zero-order valence-corrected chi connectivity index (χ0v) is 8.12. The van der Waals surface area contributed by atoms with Crippen molar-refractivity contribution in [3.05, 3.63) is 27.3 Å². The van der Waals surface area contributed by atoms with Crippen LogP contribution in [-0.4, -0.2) is 10.9 Å². The van der Waals surface area contributed by atoms with Crippen LogP contribution in [0.2, 0.25) is 0 Å². The molecule has 0 saturated heterocycles. The predicted molar refractivity (Wildman–Crippen MR) is 50.8 cm³/mol. The van der Waals surface area contributed by atoms with Gasteiger partial charge in [-0.25, -0.2) is 0 Å². The summed E-state index contributed by atoms with van der Waals surface area (Å²) in [5, 5.41) is 9.18. The fraction of sp³-hybridized carbons (Fsp3) is 0.125. The topological polar surface area (TPSA) is 37.3 Å². The molecular weight excluding hydrogens is 255 g/mol. The third-order valence-corrected chi connectivity index (χ3v) is 2.01. The van der Waals surface area contributed by atoms with Gasteiger partial charge in [0.2, 0.25) is 0 Å². The molecule has 1 rings (SSSR count). The minimum absolute atomic E-state index is 0.0536. The van der Waals surface area contributed by atoms with Crippen molar-refractivity contribution in [3.8, 4) is 5.75 Å². The Balaban J connectivity index is 3.23. The van der Waals surface area contributed by atoms with Gasteiger partial charge in [-0.3, -0.25) is 4.79 Å². The Labute approximate surface area is 78.4 Å². The lowest BCUT2D eigenvalue weighted by atomic mass is 10.1. The molecule has 0 aliphatic carbocycles. The van der Waals surface area contributed by atoms with Crippen LogP contribution >= 0.6 is 22.6 Å². The summed E-state index contributed by atoms with van der Waals surface area (Å²) >= 11 is 2.09. The van der Waals surface area contributed by atoms with Crippen LogP contribution in [0.25, 0.3) is 0 Å². The number of phenols is 1. The molecule has 0 radical (unpaired) electrons. The van der Waals surface area contributed by atoms with Crippen LogP contribution in [0.5, 0.6) is 5.75 Å². The number of Topliss-reactive ketones (excluding diaryl/α,β-unsaturated/α-hetero) is 1. The first-order chi connectivity index (χ1) is 5.11. The van der Waals surface area contributed by atoms with Gasteiger partial charge in [-0.1, -0.05) is 0 Å². The second kappa shape index (κ2) is 3.21. The number of hydrogen-bond acceptors (Lipinski definition) is 2. The second-order valence-corrected chi connectivity index (χ2v) is 3.46. The molecule has 3 heteroatoms. The number of phenolic OH excluding ortho intramolecular Hbond substituents is 1. The van der Waals surface area contributed by atoms with E-state index in [1.54, 1.807) is 12.1 Å². The summed E-state index contributed by atoms with van der Waals surface area (Å²) in [7, 11) is 0. The lowest BCUT2D eigenvalue weighted by Gasteiger charge is -1.99. The van der Waals surface area contributed by atoms with E-state index in [4.69, 9.17) is 0 Å². The van der Waals surface area contributed by atoms with Crippen LogP contribution in [-0.2, 0) is 0 Å². The van der Waals surface area contributed by atoms with Crippen LogP contribution in [0.4, 0.5) is 0 Å². The van der Waals surface area contributed by atoms with Crippen molar-refractivity contribution in [2.75, 3.05) is 0 Å². The maximum atomic E-state index is 10.9. The van der Waals surface area contributed by atoms with Gasteiger partial charge in [0.05, 0.1) is 5.56 Å². The lowest BCUT2D eigenvalue weighted by Crippen LogP contribution is -1.92. The molecule has 0 amide bonds. The molecule has 0 atom stereocenters. The van der Waals surface area contributed by atoms with Crippen molar-refractivity contribution < 1.29 is 9.90 Å². The van der Waals surface area contributed by atoms with Crippen molar-refractivity contribution in [1.29, 1.82) is 0 Å². The van der Waals surface area contributed by atoms with Crippen molar-refractivity contribution in [3.63, 3.8) is 0 Å². The summed E-state index contributed by atoms with van der Waals surface area (Å²) < 4.78 is 0.950. The molecule has 0 fully saturated rings. The number of carbonyl (C=O) groups is 1. The van der Waals surface area contributed by atoms with E-state index in [1.165, 1.54) is 13.0 Å². The molecule has 2 nitrogen and oxygen atoms in total. The number of carbonyl (C=O) groups excluding carboxylic acids is 1. The standard InChI is InChI=1S/C8H7IO2/c1-5(10)7-4-6(9)2-3-8(7)11/h2-4,11H,1H3. The Morgan fingerprint density at radius 2 is 2.18 bits per heavy atom. The highest BCUT2D eigenvalue weighted by molar-refractivity contribution is 14.1. The van der Waals surface area contributed by atoms with E-state index in [1.807, 2.05) is 0 Å². The largest absolute Gasteiger partial charge is 0.507 e. The Morgan fingerprint density at radius 1 is 1.55 bits per heavy atom. The molecule has 0 spiro atoms. The fourth-order valence-electron chi connectivity index (χ4n) is 0.790. The van der Waals surface area contributed by atoms with Crippen LogP contribution < -0.4 is 0 Å². The highest BCUT2D eigenvalue weighted by atomic mass is 127. The lowest BCUT2D eigenvalue weighted by molar-refractivity contribution is 0.101. The van der Waals surface area contributed by atoms with E-state index in [9.17, 15) is 9.90 Å². The second-order valence-electron chi connectivity index (χ2n) is 2.22. The fourth-order valence-corrected chi connectivity index (χ4v) is 1.28. The Hall–Kier alpha value is -0.580. The number of rotatable bonds is 1. The zero-order chi connectivity index (χ0) is 8.43. The zero-order valence-electron chi connectivity index (χ0n) is 5.97. The normalized spacial score (nSPS) is 9.64. The maximum Gasteiger partial charge on any atom is 0.163 e. The SMILES string of the molecule is CC(=O)c1cc(I)ccc1O. The maximum absolute atomic E-state index is 10.9. The molecule has 1 aromatic carbocycles. The molecule has 0 heterocycles. The van der Waals surface area contributed by atoms with E-state index in [0.717, 1.165) is 3.57 Å². The third-order valence-electron chi connectivity index (χ3n) is 1.34. The first-order valence-corrected chi connectivity index (χ1v) is 4.18. The van der Waals surface area contributed by atoms with Gasteiger partial charge in [-0.05, 0) is 47.7 Å². The van der Waals surface area contributed by atoms with Gasteiger partial charge in [0.15, 0.2) is 5.78 Å². The molecule has 1 aromatic rings. The summed E-state index contributed by atoms with van der Waals surface area (Å²) in [5.41, 5.74) is 0.386. The number of ketones is 1. The van der Waals surface area contributed by atoms with Crippen molar-refractivity contribution in [1.82, 2.24) is 0 Å². The molecule has 0 aliphatic heterocycles. The molecule has 0 aromatic heterocycles. The van der Waals surface area contributed by atoms with Gasteiger partial charge in [-0.2, -0.15) is 0 Å². The predicted octanol–water partition coefficient (Wildman–Crippen LogP) is 2.20. The summed E-state index contributed by atoms with van der Waals surface area (Å²) in [6, 6.07) is 4.94. The Bertz CT molecular complexity index is 294. The molecule has 11 heavy (non-hydrogen) atoms. The van der Waals surface area contributed by atoms with E-state index in [-0.39, 0.29) is 11.5 Å². The smallest absolute Gasteiger partial charge is 0.163 e. The number of benzene rings is 1. The van der Waals surface area contributed by atoms with Gasteiger partial charge >= 0.3 is 0 Å². The first-order valence-electron chi connectivity index (χ1n) is 3.10.